The summed E-state index contributed by atoms with van der Waals surface area (Å²) < 4.78 is 5.31. The SMILES string of the molecule is CCCOCCN(C)CC(C)C(=O)O. The molecule has 0 amide bonds. The Kier molecular flexibility index (Phi) is 7.42. The number of aliphatic carboxylic acids is 1. The molecule has 4 heteroatoms. The van der Waals surface area contributed by atoms with E-state index in [0.29, 0.717) is 13.2 Å². The second kappa shape index (κ2) is 7.76. The van der Waals surface area contributed by atoms with E-state index < -0.39 is 5.97 Å². The molecule has 0 saturated heterocycles. The molecule has 1 N–H and O–H groups in total. The number of hydrogen-bond acceptors (Lipinski definition) is 3. The van der Waals surface area contributed by atoms with Crippen molar-refractivity contribution >= 4 is 5.97 Å². The van der Waals surface area contributed by atoms with Gasteiger partial charge >= 0.3 is 5.97 Å². The van der Waals surface area contributed by atoms with Crippen molar-refractivity contribution in [3.63, 3.8) is 0 Å². The van der Waals surface area contributed by atoms with Gasteiger partial charge in [-0.2, -0.15) is 0 Å². The van der Waals surface area contributed by atoms with Gasteiger partial charge < -0.3 is 14.7 Å². The highest BCUT2D eigenvalue weighted by Crippen LogP contribution is 1.97. The highest BCUT2D eigenvalue weighted by Gasteiger charge is 2.12. The molecule has 0 aliphatic heterocycles. The molecule has 0 aliphatic carbocycles. The van der Waals surface area contributed by atoms with Crippen molar-refractivity contribution in [3.05, 3.63) is 0 Å². The maximum atomic E-state index is 10.6. The molecule has 0 aliphatic rings. The molecule has 0 heterocycles. The molecule has 0 aromatic carbocycles. The number of ether oxygens (including phenoxy) is 1. The smallest absolute Gasteiger partial charge is 0.307 e. The summed E-state index contributed by atoms with van der Waals surface area (Å²) in [4.78, 5) is 12.5. The molecule has 4 nitrogen and oxygen atoms in total. The zero-order valence-corrected chi connectivity index (χ0v) is 9.32. The number of rotatable bonds is 8. The van der Waals surface area contributed by atoms with Crippen LogP contribution < -0.4 is 0 Å². The predicted molar refractivity (Wildman–Crippen MR) is 55.4 cm³/mol. The summed E-state index contributed by atoms with van der Waals surface area (Å²) in [5, 5.41) is 8.68. The van der Waals surface area contributed by atoms with Gasteiger partial charge in [-0.1, -0.05) is 13.8 Å². The van der Waals surface area contributed by atoms with Gasteiger partial charge in [-0.25, -0.2) is 0 Å². The van der Waals surface area contributed by atoms with Gasteiger partial charge in [0.15, 0.2) is 0 Å². The first-order valence-corrected chi connectivity index (χ1v) is 5.07. The molecule has 1 atom stereocenters. The van der Waals surface area contributed by atoms with Gasteiger partial charge in [0.1, 0.15) is 0 Å². The lowest BCUT2D eigenvalue weighted by Gasteiger charge is -2.18. The van der Waals surface area contributed by atoms with Crippen LogP contribution in [0.3, 0.4) is 0 Å². The van der Waals surface area contributed by atoms with Crippen LogP contribution in [0.5, 0.6) is 0 Å². The van der Waals surface area contributed by atoms with Gasteiger partial charge in [0.05, 0.1) is 12.5 Å². The van der Waals surface area contributed by atoms with Gasteiger partial charge in [0.25, 0.3) is 0 Å². The standard InChI is InChI=1S/C10H21NO3/c1-4-6-14-7-5-11(3)8-9(2)10(12)13/h9H,4-8H2,1-3H3,(H,12,13). The molecule has 0 fully saturated rings. The summed E-state index contributed by atoms with van der Waals surface area (Å²) in [5.74, 6) is -1.06. The van der Waals surface area contributed by atoms with Crippen molar-refractivity contribution in [2.24, 2.45) is 5.92 Å². The van der Waals surface area contributed by atoms with Crippen LogP contribution in [0, 0.1) is 5.92 Å². The van der Waals surface area contributed by atoms with Crippen LogP contribution in [0.25, 0.3) is 0 Å². The normalized spacial score (nSPS) is 13.1. The molecule has 0 bridgehead atoms. The van der Waals surface area contributed by atoms with Crippen LogP contribution in [-0.2, 0) is 9.53 Å². The Bertz CT molecular complexity index is 161. The predicted octanol–water partition coefficient (Wildman–Crippen LogP) is 1.07. The van der Waals surface area contributed by atoms with Crippen LogP contribution in [0.2, 0.25) is 0 Å². The van der Waals surface area contributed by atoms with Gasteiger partial charge in [-0.3, -0.25) is 4.79 Å². The zero-order chi connectivity index (χ0) is 11.0. The lowest BCUT2D eigenvalue weighted by molar-refractivity contribution is -0.141. The van der Waals surface area contributed by atoms with Crippen molar-refractivity contribution in [2.75, 3.05) is 33.4 Å². The molecule has 0 rings (SSSR count). The van der Waals surface area contributed by atoms with Gasteiger partial charge in [-0.05, 0) is 13.5 Å². The van der Waals surface area contributed by atoms with Crippen LogP contribution >= 0.6 is 0 Å². The molecule has 0 aromatic rings. The van der Waals surface area contributed by atoms with E-state index in [2.05, 4.69) is 6.92 Å². The summed E-state index contributed by atoms with van der Waals surface area (Å²) in [6.45, 7) is 6.60. The molecule has 0 spiro atoms. The minimum absolute atomic E-state index is 0.314. The first kappa shape index (κ1) is 13.4. The van der Waals surface area contributed by atoms with Gasteiger partial charge in [-0.15, -0.1) is 0 Å². The molecule has 14 heavy (non-hydrogen) atoms. The summed E-state index contributed by atoms with van der Waals surface area (Å²) >= 11 is 0. The fourth-order valence-electron chi connectivity index (χ4n) is 1.10. The molecule has 0 radical (unpaired) electrons. The number of nitrogens with zero attached hydrogens (tertiary/aromatic N) is 1. The Balaban J connectivity index is 3.45. The third kappa shape index (κ3) is 6.86. The topological polar surface area (TPSA) is 49.8 Å². The van der Waals surface area contributed by atoms with E-state index >= 15 is 0 Å². The summed E-state index contributed by atoms with van der Waals surface area (Å²) in [5.41, 5.74) is 0. The molecular weight excluding hydrogens is 182 g/mol. The Morgan fingerprint density at radius 3 is 2.64 bits per heavy atom. The van der Waals surface area contributed by atoms with E-state index in [1.54, 1.807) is 6.92 Å². The fraction of sp³-hybridized carbons (Fsp3) is 0.900. The van der Waals surface area contributed by atoms with Crippen molar-refractivity contribution in [3.8, 4) is 0 Å². The first-order valence-electron chi connectivity index (χ1n) is 5.07. The first-order chi connectivity index (χ1) is 6.57. The Labute approximate surface area is 85.9 Å². The number of likely N-dealkylation sites (N-methyl/N-ethyl adjacent to an activating group) is 1. The van der Waals surface area contributed by atoms with Crippen molar-refractivity contribution < 1.29 is 14.6 Å². The van der Waals surface area contributed by atoms with E-state index in [4.69, 9.17) is 9.84 Å². The number of carbonyl (C=O) groups is 1. The third-order valence-electron chi connectivity index (χ3n) is 1.97. The second-order valence-electron chi connectivity index (χ2n) is 3.61. The molecule has 0 aromatic heterocycles. The number of carboxylic acids is 1. The summed E-state index contributed by atoms with van der Waals surface area (Å²) in [6, 6.07) is 0. The highest BCUT2D eigenvalue weighted by molar-refractivity contribution is 5.69. The van der Waals surface area contributed by atoms with Crippen LogP contribution in [0.4, 0.5) is 0 Å². The Morgan fingerprint density at radius 2 is 2.14 bits per heavy atom. The van der Waals surface area contributed by atoms with Crippen molar-refractivity contribution in [2.45, 2.75) is 20.3 Å². The summed E-state index contributed by atoms with van der Waals surface area (Å²) in [6.07, 6.45) is 1.02. The Morgan fingerprint density at radius 1 is 1.50 bits per heavy atom. The molecule has 1 unspecified atom stereocenters. The average Bonchev–Trinajstić information content (AvgIpc) is 2.12. The second-order valence-corrected chi connectivity index (χ2v) is 3.61. The van der Waals surface area contributed by atoms with E-state index in [9.17, 15) is 4.79 Å². The van der Waals surface area contributed by atoms with E-state index in [1.165, 1.54) is 0 Å². The van der Waals surface area contributed by atoms with Gasteiger partial charge in [0.2, 0.25) is 0 Å². The highest BCUT2D eigenvalue weighted by atomic mass is 16.5. The van der Waals surface area contributed by atoms with E-state index in [-0.39, 0.29) is 5.92 Å². The van der Waals surface area contributed by atoms with Gasteiger partial charge in [0, 0.05) is 19.7 Å². The number of hydrogen-bond donors (Lipinski definition) is 1. The monoisotopic (exact) mass is 203 g/mol. The maximum Gasteiger partial charge on any atom is 0.307 e. The Hall–Kier alpha value is -0.610. The van der Waals surface area contributed by atoms with Crippen LogP contribution in [0.15, 0.2) is 0 Å². The molecular formula is C10H21NO3. The molecule has 84 valence electrons. The minimum atomic E-state index is -0.744. The third-order valence-corrected chi connectivity index (χ3v) is 1.97. The summed E-state index contributed by atoms with van der Waals surface area (Å²) in [7, 11) is 1.91. The average molecular weight is 203 g/mol. The molecule has 0 saturated carbocycles. The lowest BCUT2D eigenvalue weighted by Crippen LogP contribution is -2.31. The zero-order valence-electron chi connectivity index (χ0n) is 9.32. The minimum Gasteiger partial charge on any atom is -0.481 e. The fourth-order valence-corrected chi connectivity index (χ4v) is 1.10. The van der Waals surface area contributed by atoms with E-state index in [1.807, 2.05) is 11.9 Å². The van der Waals surface area contributed by atoms with Crippen LogP contribution in [-0.4, -0.2) is 49.3 Å². The lowest BCUT2D eigenvalue weighted by atomic mass is 10.2. The van der Waals surface area contributed by atoms with Crippen molar-refractivity contribution in [1.29, 1.82) is 0 Å². The maximum absolute atomic E-state index is 10.6. The quantitative estimate of drug-likeness (QED) is 0.599. The van der Waals surface area contributed by atoms with E-state index in [0.717, 1.165) is 19.6 Å². The van der Waals surface area contributed by atoms with Crippen molar-refractivity contribution in [1.82, 2.24) is 4.90 Å². The number of carboxylic acid groups (broad SMARTS) is 1. The largest absolute Gasteiger partial charge is 0.481 e. The van der Waals surface area contributed by atoms with Crippen LogP contribution in [0.1, 0.15) is 20.3 Å².